The van der Waals surface area contributed by atoms with E-state index in [-0.39, 0.29) is 21.3 Å². The van der Waals surface area contributed by atoms with Crippen LogP contribution in [0, 0.1) is 0 Å². The van der Waals surface area contributed by atoms with Gasteiger partial charge in [0.1, 0.15) is 11.3 Å². The lowest BCUT2D eigenvalue weighted by Crippen LogP contribution is -2.08. The van der Waals surface area contributed by atoms with Crippen molar-refractivity contribution >= 4 is 39.5 Å². The van der Waals surface area contributed by atoms with Crippen molar-refractivity contribution in [2.24, 2.45) is 0 Å². The third-order valence-corrected chi connectivity index (χ3v) is 5.77. The maximum absolute atomic E-state index is 13.4. The molecule has 2 aromatic carbocycles. The van der Waals surface area contributed by atoms with Crippen molar-refractivity contribution in [2.45, 2.75) is 23.4 Å². The SMILES string of the molecule is O=C(O)c1cc2c(cc1O)-c1[nH]c3cc(C(F)(F)F)c(CI)cc3c1CC2. The Hall–Kier alpha value is -2.23. The summed E-state index contributed by atoms with van der Waals surface area (Å²) in [5, 5.41) is 19.9. The number of alkyl halides is 4. The second-order valence-electron chi connectivity index (χ2n) is 6.50. The highest BCUT2D eigenvalue weighted by molar-refractivity contribution is 14.1. The van der Waals surface area contributed by atoms with Gasteiger partial charge in [-0.2, -0.15) is 13.2 Å². The number of hydrogen-bond acceptors (Lipinski definition) is 2. The van der Waals surface area contributed by atoms with E-state index in [0.717, 1.165) is 22.6 Å². The standard InChI is InChI=1S/C19H13F3INO3/c20-19(21,22)14-6-15-12(4-9(14)7-23)10-2-1-8-3-13(18(26)27)16(25)5-11(8)17(10)24-15/h3-6,24-25H,1-2,7H2,(H,26,27). The fourth-order valence-electron chi connectivity index (χ4n) is 3.71. The van der Waals surface area contributed by atoms with Crippen molar-refractivity contribution in [3.8, 4) is 17.0 Å². The number of aromatic hydroxyl groups is 1. The van der Waals surface area contributed by atoms with Gasteiger partial charge in [0, 0.05) is 20.9 Å². The van der Waals surface area contributed by atoms with Crippen molar-refractivity contribution in [1.29, 1.82) is 0 Å². The number of halogens is 4. The van der Waals surface area contributed by atoms with Gasteiger partial charge in [-0.25, -0.2) is 4.79 Å². The number of hydrogen-bond donors (Lipinski definition) is 3. The molecule has 0 aliphatic heterocycles. The molecule has 140 valence electrons. The van der Waals surface area contributed by atoms with E-state index in [2.05, 4.69) is 4.98 Å². The van der Waals surface area contributed by atoms with Crippen LogP contribution in [0.25, 0.3) is 22.2 Å². The zero-order valence-electron chi connectivity index (χ0n) is 13.7. The second-order valence-corrected chi connectivity index (χ2v) is 7.26. The summed E-state index contributed by atoms with van der Waals surface area (Å²) in [6, 6.07) is 5.51. The quantitative estimate of drug-likeness (QED) is 0.340. The van der Waals surface area contributed by atoms with Crippen LogP contribution in [0.5, 0.6) is 5.75 Å². The van der Waals surface area contributed by atoms with Crippen molar-refractivity contribution < 1.29 is 28.2 Å². The van der Waals surface area contributed by atoms with E-state index in [1.807, 2.05) is 22.6 Å². The predicted molar refractivity (Wildman–Crippen MR) is 102 cm³/mol. The second kappa shape index (κ2) is 6.15. The van der Waals surface area contributed by atoms with Gasteiger partial charge < -0.3 is 15.2 Å². The topological polar surface area (TPSA) is 73.3 Å². The van der Waals surface area contributed by atoms with Crippen LogP contribution in [-0.2, 0) is 23.4 Å². The summed E-state index contributed by atoms with van der Waals surface area (Å²) in [7, 11) is 0. The van der Waals surface area contributed by atoms with Crippen LogP contribution in [0.1, 0.15) is 32.6 Å². The lowest BCUT2D eigenvalue weighted by atomic mass is 9.87. The highest BCUT2D eigenvalue weighted by Gasteiger charge is 2.34. The minimum atomic E-state index is -4.44. The minimum absolute atomic E-state index is 0.181. The number of aryl methyl sites for hydroxylation is 2. The zero-order valence-corrected chi connectivity index (χ0v) is 15.9. The Bertz CT molecular complexity index is 1100. The number of H-pyrrole nitrogens is 1. The van der Waals surface area contributed by atoms with Crippen molar-refractivity contribution in [3.63, 3.8) is 0 Å². The lowest BCUT2D eigenvalue weighted by molar-refractivity contribution is -0.138. The number of benzene rings is 2. The van der Waals surface area contributed by atoms with Gasteiger partial charge in [0.2, 0.25) is 0 Å². The van der Waals surface area contributed by atoms with E-state index in [0.29, 0.717) is 29.6 Å². The number of nitrogens with one attached hydrogen (secondary N) is 1. The number of phenols is 1. The molecular weight excluding hydrogens is 474 g/mol. The Labute approximate surface area is 165 Å². The number of rotatable bonds is 2. The molecule has 4 rings (SSSR count). The van der Waals surface area contributed by atoms with Gasteiger partial charge in [-0.1, -0.05) is 22.6 Å². The normalized spacial score (nSPS) is 13.5. The Balaban J connectivity index is 1.97. The van der Waals surface area contributed by atoms with Crippen LogP contribution in [0.15, 0.2) is 24.3 Å². The summed E-state index contributed by atoms with van der Waals surface area (Å²) in [4.78, 5) is 14.3. The fourth-order valence-corrected chi connectivity index (χ4v) is 4.34. The smallest absolute Gasteiger partial charge is 0.416 e. The molecule has 3 aromatic rings. The molecule has 0 saturated carbocycles. The molecular formula is C19H13F3INO3. The number of aromatic nitrogens is 1. The van der Waals surface area contributed by atoms with E-state index in [4.69, 9.17) is 5.11 Å². The van der Waals surface area contributed by atoms with Gasteiger partial charge in [0.25, 0.3) is 0 Å². The fraction of sp³-hybridized carbons (Fsp3) is 0.211. The lowest BCUT2D eigenvalue weighted by Gasteiger charge is -2.18. The van der Waals surface area contributed by atoms with Gasteiger partial charge in [-0.15, -0.1) is 0 Å². The molecule has 0 unspecified atom stereocenters. The Morgan fingerprint density at radius 3 is 2.56 bits per heavy atom. The molecule has 27 heavy (non-hydrogen) atoms. The zero-order chi connectivity index (χ0) is 19.5. The molecule has 0 saturated heterocycles. The molecule has 1 aromatic heterocycles. The number of aromatic carboxylic acids is 1. The van der Waals surface area contributed by atoms with Crippen molar-refractivity contribution in [3.05, 3.63) is 52.1 Å². The number of carboxylic acids is 1. The van der Waals surface area contributed by atoms with Crippen LogP contribution in [0.3, 0.4) is 0 Å². The molecule has 0 radical (unpaired) electrons. The molecule has 0 amide bonds. The van der Waals surface area contributed by atoms with E-state index in [9.17, 15) is 23.1 Å². The van der Waals surface area contributed by atoms with E-state index < -0.39 is 17.7 Å². The third-order valence-electron chi connectivity index (χ3n) is 4.94. The van der Waals surface area contributed by atoms with Crippen LogP contribution in [-0.4, -0.2) is 21.2 Å². The number of carbonyl (C=O) groups is 1. The summed E-state index contributed by atoms with van der Waals surface area (Å²) in [5.41, 5.74) is 2.67. The van der Waals surface area contributed by atoms with Crippen molar-refractivity contribution in [1.82, 2.24) is 4.98 Å². The highest BCUT2D eigenvalue weighted by Crippen LogP contribution is 2.43. The molecule has 0 fully saturated rings. The monoisotopic (exact) mass is 487 g/mol. The average molecular weight is 487 g/mol. The third kappa shape index (κ3) is 2.86. The molecule has 1 aliphatic carbocycles. The molecule has 1 aliphatic rings. The molecule has 8 heteroatoms. The van der Waals surface area contributed by atoms with Gasteiger partial charge >= 0.3 is 12.1 Å². The number of carboxylic acid groups (broad SMARTS) is 1. The first-order valence-electron chi connectivity index (χ1n) is 8.11. The number of fused-ring (bicyclic) bond motifs is 5. The van der Waals surface area contributed by atoms with Crippen molar-refractivity contribution in [2.75, 3.05) is 0 Å². The first-order valence-corrected chi connectivity index (χ1v) is 9.63. The first kappa shape index (κ1) is 18.1. The Morgan fingerprint density at radius 1 is 1.19 bits per heavy atom. The van der Waals surface area contributed by atoms with Crippen LogP contribution < -0.4 is 0 Å². The van der Waals surface area contributed by atoms with Gasteiger partial charge in [0.05, 0.1) is 11.3 Å². The summed E-state index contributed by atoms with van der Waals surface area (Å²) in [5.74, 6) is -1.59. The van der Waals surface area contributed by atoms with Crippen LogP contribution >= 0.6 is 22.6 Å². The molecule has 0 atom stereocenters. The van der Waals surface area contributed by atoms with E-state index >= 15 is 0 Å². The highest BCUT2D eigenvalue weighted by atomic mass is 127. The average Bonchev–Trinajstić information content (AvgIpc) is 2.97. The van der Waals surface area contributed by atoms with Gasteiger partial charge in [-0.3, -0.25) is 0 Å². The minimum Gasteiger partial charge on any atom is -0.507 e. The number of aromatic amines is 1. The first-order chi connectivity index (χ1) is 12.7. The Morgan fingerprint density at radius 2 is 1.93 bits per heavy atom. The van der Waals surface area contributed by atoms with Crippen LogP contribution in [0.2, 0.25) is 0 Å². The summed E-state index contributed by atoms with van der Waals surface area (Å²) in [6.45, 7) is 0. The largest absolute Gasteiger partial charge is 0.507 e. The van der Waals surface area contributed by atoms with E-state index in [1.165, 1.54) is 12.1 Å². The van der Waals surface area contributed by atoms with E-state index in [1.54, 1.807) is 6.07 Å². The summed E-state index contributed by atoms with van der Waals surface area (Å²) < 4.78 is 40.3. The van der Waals surface area contributed by atoms with Gasteiger partial charge in [-0.05, 0) is 53.8 Å². The Kier molecular flexibility index (Phi) is 4.13. The van der Waals surface area contributed by atoms with Crippen LogP contribution in [0.4, 0.5) is 13.2 Å². The molecule has 1 heterocycles. The van der Waals surface area contributed by atoms with Gasteiger partial charge in [0.15, 0.2) is 0 Å². The molecule has 4 nitrogen and oxygen atoms in total. The molecule has 0 bridgehead atoms. The maximum Gasteiger partial charge on any atom is 0.416 e. The maximum atomic E-state index is 13.4. The summed E-state index contributed by atoms with van der Waals surface area (Å²) >= 11 is 1.92. The predicted octanol–water partition coefficient (Wildman–Crippen LogP) is 5.29. The summed E-state index contributed by atoms with van der Waals surface area (Å²) in [6.07, 6.45) is -3.30. The molecule has 0 spiro atoms. The molecule has 3 N–H and O–H groups in total.